The number of carbonyl (C=O) groups is 1. The van der Waals surface area contributed by atoms with Gasteiger partial charge in [-0.1, -0.05) is 6.07 Å². The van der Waals surface area contributed by atoms with Gasteiger partial charge in [-0.2, -0.15) is 13.2 Å². The Balaban J connectivity index is 3.09. The van der Waals surface area contributed by atoms with Crippen molar-refractivity contribution >= 4 is 5.78 Å². The Morgan fingerprint density at radius 3 is 2.41 bits per heavy atom. The second-order valence-corrected chi connectivity index (χ2v) is 3.47. The van der Waals surface area contributed by atoms with Gasteiger partial charge in [0.05, 0.1) is 5.56 Å². The summed E-state index contributed by atoms with van der Waals surface area (Å²) in [4.78, 5) is 11.1. The molecule has 0 spiro atoms. The number of hydrogen-bond donors (Lipinski definition) is 0. The molecule has 0 aliphatic heterocycles. The molecule has 1 atom stereocenters. The maximum atomic E-state index is 13.3. The molecule has 94 valence electrons. The van der Waals surface area contributed by atoms with E-state index >= 15 is 0 Å². The fraction of sp³-hybridized carbons (Fsp3) is 0.364. The van der Waals surface area contributed by atoms with Crippen LogP contribution in [0.4, 0.5) is 17.6 Å². The summed E-state index contributed by atoms with van der Waals surface area (Å²) in [6.07, 6.45) is -6.80. The first-order valence-corrected chi connectivity index (χ1v) is 4.76. The number of benzene rings is 1. The van der Waals surface area contributed by atoms with Crippen molar-refractivity contribution in [3.8, 4) is 5.75 Å². The van der Waals surface area contributed by atoms with Crippen LogP contribution in [0, 0.1) is 5.82 Å². The van der Waals surface area contributed by atoms with E-state index in [4.69, 9.17) is 0 Å². The maximum Gasteiger partial charge on any atom is 0.425 e. The lowest BCUT2D eigenvalue weighted by Gasteiger charge is -2.19. The zero-order chi connectivity index (χ0) is 13.2. The van der Waals surface area contributed by atoms with E-state index in [2.05, 4.69) is 4.74 Å². The highest BCUT2D eigenvalue weighted by molar-refractivity contribution is 5.96. The molecule has 17 heavy (non-hydrogen) atoms. The van der Waals surface area contributed by atoms with E-state index in [9.17, 15) is 22.4 Å². The number of carbonyl (C=O) groups excluding carboxylic acids is 1. The number of hydrogen-bond acceptors (Lipinski definition) is 2. The monoisotopic (exact) mass is 250 g/mol. The van der Waals surface area contributed by atoms with Gasteiger partial charge in [-0.05, 0) is 26.0 Å². The van der Waals surface area contributed by atoms with Crippen molar-refractivity contribution in [2.45, 2.75) is 26.1 Å². The van der Waals surface area contributed by atoms with Crippen molar-refractivity contribution in [2.24, 2.45) is 0 Å². The summed E-state index contributed by atoms with van der Waals surface area (Å²) in [7, 11) is 0. The summed E-state index contributed by atoms with van der Waals surface area (Å²) >= 11 is 0. The van der Waals surface area contributed by atoms with Crippen LogP contribution in [0.2, 0.25) is 0 Å². The minimum absolute atomic E-state index is 0.207. The number of Topliss-reactive ketones (excluding diaryl/α,β-unsaturated/α-hetero) is 1. The molecular weight excluding hydrogens is 240 g/mol. The van der Waals surface area contributed by atoms with Gasteiger partial charge >= 0.3 is 6.18 Å². The van der Waals surface area contributed by atoms with E-state index in [1.54, 1.807) is 0 Å². The fourth-order valence-corrected chi connectivity index (χ4v) is 1.15. The van der Waals surface area contributed by atoms with E-state index in [1.807, 2.05) is 0 Å². The quantitative estimate of drug-likeness (QED) is 0.607. The van der Waals surface area contributed by atoms with Crippen molar-refractivity contribution in [2.75, 3.05) is 0 Å². The smallest absolute Gasteiger partial charge is 0.425 e. The summed E-state index contributed by atoms with van der Waals surface area (Å²) in [6, 6.07) is 3.38. The molecule has 0 N–H and O–H groups in total. The molecule has 1 aromatic carbocycles. The van der Waals surface area contributed by atoms with Crippen LogP contribution in [0.5, 0.6) is 5.75 Å². The first-order valence-electron chi connectivity index (χ1n) is 4.76. The zero-order valence-corrected chi connectivity index (χ0v) is 9.14. The van der Waals surface area contributed by atoms with Gasteiger partial charge in [-0.25, -0.2) is 4.39 Å². The van der Waals surface area contributed by atoms with Gasteiger partial charge in [-0.3, -0.25) is 4.79 Å². The molecule has 0 radical (unpaired) electrons. The SMILES string of the molecule is CC(=O)c1cccc(F)c1OC(C)C(F)(F)F. The average molecular weight is 250 g/mol. The van der Waals surface area contributed by atoms with Gasteiger partial charge in [0.15, 0.2) is 23.5 Å². The highest BCUT2D eigenvalue weighted by Crippen LogP contribution is 2.29. The number of halogens is 4. The van der Waals surface area contributed by atoms with Crippen molar-refractivity contribution < 1.29 is 27.1 Å². The summed E-state index contributed by atoms with van der Waals surface area (Å²) in [5.74, 6) is -2.22. The third-order valence-electron chi connectivity index (χ3n) is 2.10. The van der Waals surface area contributed by atoms with Gasteiger partial charge in [0, 0.05) is 0 Å². The molecule has 0 amide bonds. The Morgan fingerprint density at radius 1 is 1.35 bits per heavy atom. The second kappa shape index (κ2) is 4.73. The molecule has 1 rings (SSSR count). The van der Waals surface area contributed by atoms with E-state index in [-0.39, 0.29) is 5.56 Å². The third kappa shape index (κ3) is 3.18. The van der Waals surface area contributed by atoms with E-state index < -0.39 is 29.6 Å². The summed E-state index contributed by atoms with van der Waals surface area (Å²) < 4.78 is 54.6. The Bertz CT molecular complexity index is 426. The molecule has 0 saturated carbocycles. The van der Waals surface area contributed by atoms with Crippen LogP contribution in [0.1, 0.15) is 24.2 Å². The fourth-order valence-electron chi connectivity index (χ4n) is 1.15. The van der Waals surface area contributed by atoms with E-state index in [0.29, 0.717) is 0 Å². The van der Waals surface area contributed by atoms with Crippen LogP contribution >= 0.6 is 0 Å². The minimum Gasteiger partial charge on any atom is -0.477 e. The molecule has 0 saturated heterocycles. The van der Waals surface area contributed by atoms with Crippen LogP contribution in [-0.4, -0.2) is 18.1 Å². The first-order chi connectivity index (χ1) is 7.73. The third-order valence-corrected chi connectivity index (χ3v) is 2.10. The molecule has 0 aliphatic carbocycles. The van der Waals surface area contributed by atoms with Crippen LogP contribution in [-0.2, 0) is 0 Å². The van der Waals surface area contributed by atoms with Gasteiger partial charge in [0.1, 0.15) is 0 Å². The van der Waals surface area contributed by atoms with Gasteiger partial charge in [-0.15, -0.1) is 0 Å². The predicted octanol–water partition coefficient (Wildman–Crippen LogP) is 3.36. The Morgan fingerprint density at radius 2 is 1.94 bits per heavy atom. The maximum absolute atomic E-state index is 13.3. The molecule has 0 heterocycles. The standard InChI is InChI=1S/C11H10F4O2/c1-6(16)8-4-3-5-9(12)10(8)17-7(2)11(13,14)15/h3-5,7H,1-2H3. The highest BCUT2D eigenvalue weighted by atomic mass is 19.4. The number of ether oxygens (including phenoxy) is 1. The Kier molecular flexibility index (Phi) is 3.75. The normalized spacial score (nSPS) is 13.3. The van der Waals surface area contributed by atoms with Crippen molar-refractivity contribution in [1.82, 2.24) is 0 Å². The molecule has 6 heteroatoms. The van der Waals surface area contributed by atoms with Gasteiger partial charge < -0.3 is 4.74 Å². The lowest BCUT2D eigenvalue weighted by molar-refractivity contribution is -0.189. The topological polar surface area (TPSA) is 26.3 Å². The van der Waals surface area contributed by atoms with Crippen molar-refractivity contribution in [3.05, 3.63) is 29.6 Å². The van der Waals surface area contributed by atoms with Crippen molar-refractivity contribution in [3.63, 3.8) is 0 Å². The molecule has 0 aliphatic rings. The number of para-hydroxylation sites is 1. The number of ketones is 1. The molecule has 0 aromatic heterocycles. The van der Waals surface area contributed by atoms with Gasteiger partial charge in [0.2, 0.25) is 0 Å². The Hall–Kier alpha value is -1.59. The van der Waals surface area contributed by atoms with E-state index in [0.717, 1.165) is 19.9 Å². The largest absolute Gasteiger partial charge is 0.477 e. The molecular formula is C11H10F4O2. The number of rotatable bonds is 3. The molecule has 1 unspecified atom stereocenters. The molecule has 0 fully saturated rings. The van der Waals surface area contributed by atoms with Crippen LogP contribution in [0.3, 0.4) is 0 Å². The van der Waals surface area contributed by atoms with Gasteiger partial charge in [0.25, 0.3) is 0 Å². The average Bonchev–Trinajstić information content (AvgIpc) is 2.18. The van der Waals surface area contributed by atoms with Crippen LogP contribution in [0.25, 0.3) is 0 Å². The number of alkyl halides is 3. The lowest BCUT2D eigenvalue weighted by Crippen LogP contribution is -2.32. The minimum atomic E-state index is -4.61. The first kappa shape index (κ1) is 13.5. The van der Waals surface area contributed by atoms with E-state index in [1.165, 1.54) is 12.1 Å². The lowest BCUT2D eigenvalue weighted by atomic mass is 10.1. The molecule has 0 bridgehead atoms. The second-order valence-electron chi connectivity index (χ2n) is 3.47. The molecule has 1 aromatic rings. The summed E-state index contributed by atoms with van der Waals surface area (Å²) in [5.41, 5.74) is -0.207. The Labute approximate surface area is 95.2 Å². The summed E-state index contributed by atoms with van der Waals surface area (Å²) in [6.45, 7) is 1.87. The van der Waals surface area contributed by atoms with Crippen molar-refractivity contribution in [1.29, 1.82) is 0 Å². The zero-order valence-electron chi connectivity index (χ0n) is 9.14. The summed E-state index contributed by atoms with van der Waals surface area (Å²) in [5, 5.41) is 0. The molecule has 2 nitrogen and oxygen atoms in total. The van der Waals surface area contributed by atoms with Crippen LogP contribution < -0.4 is 4.74 Å². The predicted molar refractivity (Wildman–Crippen MR) is 52.5 cm³/mol. The van der Waals surface area contributed by atoms with Crippen LogP contribution in [0.15, 0.2) is 18.2 Å². The highest BCUT2D eigenvalue weighted by Gasteiger charge is 2.39.